The van der Waals surface area contributed by atoms with Gasteiger partial charge in [-0.2, -0.15) is 0 Å². The Labute approximate surface area is 573 Å². The van der Waals surface area contributed by atoms with Gasteiger partial charge in [-0.3, -0.25) is 57.6 Å². The fourth-order valence-electron chi connectivity index (χ4n) is 12.2. The summed E-state index contributed by atoms with van der Waals surface area (Å²) in [7, 11) is 9.72. The number of aliphatic hydroxyl groups is 2. The largest absolute Gasteiger partial charge is 0.390 e. The van der Waals surface area contributed by atoms with E-state index in [2.05, 4.69) is 26.2 Å². The SMILES string of the molecule is C/C=C/C[C@@H](C)[C@@H](O)[C@H]1C(=O)N[C@@H](CC)C(=O)N(C)[C@H](COCCN2CCOCC2)C(=O)N(C)[C@@H](CC(C)(C)O)C(=O)N[C@@H](C(C)C)C(=O)N(C)[C@@H](CC(C)C)C(=O)N[C@@H](C)C(=O)N[C@H](C)C(=O)N(C)[C@@H](CC(C)C)C(=O)N(C)[C@@H](CC(C)C)C(=O)N(C)[C@@H](C(C)C)C(=O)N1C. The number of aliphatic hydroxyl groups excluding tert-OH is 1. The fourth-order valence-corrected chi connectivity index (χ4v) is 12.2. The molecule has 0 aromatic heterocycles. The molecular weight excluding hydrogens is 1240 g/mol. The summed E-state index contributed by atoms with van der Waals surface area (Å²) in [5.41, 5.74) is -1.62. The smallest absolute Gasteiger partial charge is 0.248 e. The first-order valence-corrected chi connectivity index (χ1v) is 34.5. The van der Waals surface area contributed by atoms with Crippen LogP contribution >= 0.6 is 0 Å². The number of hydrogen-bond acceptors (Lipinski definition) is 16. The summed E-state index contributed by atoms with van der Waals surface area (Å²) in [6, 6.07) is -14.8. The molecule has 0 spiro atoms. The minimum Gasteiger partial charge on any atom is -0.390 e. The minimum atomic E-state index is -1.68. The van der Waals surface area contributed by atoms with Crippen molar-refractivity contribution < 1.29 is 72.4 Å². The highest BCUT2D eigenvalue weighted by atomic mass is 16.5. The van der Waals surface area contributed by atoms with Crippen LogP contribution in [0.1, 0.15) is 156 Å². The van der Waals surface area contributed by atoms with Crippen molar-refractivity contribution in [1.29, 1.82) is 0 Å². The number of ether oxygens (including phenoxy) is 2. The minimum absolute atomic E-state index is 0.0645. The molecule has 2 aliphatic rings. The van der Waals surface area contributed by atoms with Gasteiger partial charge in [0.2, 0.25) is 65.0 Å². The van der Waals surface area contributed by atoms with Crippen LogP contribution in [0.4, 0.5) is 0 Å². The van der Waals surface area contributed by atoms with Gasteiger partial charge in [0.05, 0.1) is 38.1 Å². The number of allylic oxidation sites excluding steroid dienone is 2. The first-order valence-electron chi connectivity index (χ1n) is 34.5. The Morgan fingerprint density at radius 3 is 1.47 bits per heavy atom. The van der Waals surface area contributed by atoms with E-state index in [1.165, 1.54) is 96.6 Å². The Kier molecular flexibility index (Phi) is 35.2. The number of rotatable bonds is 20. The van der Waals surface area contributed by atoms with Gasteiger partial charge in [0, 0.05) is 75.4 Å². The van der Waals surface area contributed by atoms with Crippen molar-refractivity contribution in [1.82, 2.24) is 60.5 Å². The van der Waals surface area contributed by atoms with E-state index < -0.39 is 168 Å². The van der Waals surface area contributed by atoms with E-state index in [0.717, 1.165) is 14.7 Å². The summed E-state index contributed by atoms with van der Waals surface area (Å²) in [4.78, 5) is 175. The van der Waals surface area contributed by atoms with Gasteiger partial charge in [-0.1, -0.05) is 95.2 Å². The zero-order valence-corrected chi connectivity index (χ0v) is 62.5. The summed E-state index contributed by atoms with van der Waals surface area (Å²) in [5.74, 6) is -10.7. The molecule has 2 fully saturated rings. The molecule has 0 saturated carbocycles. The molecule has 0 aromatic carbocycles. The molecular formula is C69H124N12O15. The third kappa shape index (κ3) is 24.6. The molecule has 0 aliphatic carbocycles. The van der Waals surface area contributed by atoms with Crippen LogP contribution in [-0.4, -0.2) is 288 Å². The lowest BCUT2D eigenvalue weighted by atomic mass is 9.91. The Morgan fingerprint density at radius 1 is 0.531 bits per heavy atom. The zero-order chi connectivity index (χ0) is 73.7. The molecule has 96 heavy (non-hydrogen) atoms. The monoisotopic (exact) mass is 1360 g/mol. The third-order valence-corrected chi connectivity index (χ3v) is 18.3. The molecule has 13 atom stereocenters. The quantitative estimate of drug-likeness (QED) is 0.0751. The van der Waals surface area contributed by atoms with Gasteiger partial charge in [0.25, 0.3) is 0 Å². The molecule has 2 saturated heterocycles. The first kappa shape index (κ1) is 85.8. The summed E-state index contributed by atoms with van der Waals surface area (Å²) in [6.07, 6.45) is 2.21. The summed E-state index contributed by atoms with van der Waals surface area (Å²) < 4.78 is 11.7. The summed E-state index contributed by atoms with van der Waals surface area (Å²) in [6.45, 7) is 31.2. The molecule has 27 heteroatoms. The lowest BCUT2D eigenvalue weighted by molar-refractivity contribution is -0.157. The number of morpholine rings is 1. The predicted molar refractivity (Wildman–Crippen MR) is 367 cm³/mol. The Bertz CT molecular complexity index is 2630. The van der Waals surface area contributed by atoms with E-state index in [9.17, 15) is 34.2 Å². The van der Waals surface area contributed by atoms with E-state index in [1.54, 1.807) is 60.6 Å². The maximum absolute atomic E-state index is 15.4. The number of amides is 11. The van der Waals surface area contributed by atoms with Crippen molar-refractivity contribution in [2.24, 2.45) is 35.5 Å². The fraction of sp³-hybridized carbons (Fsp3) is 0.812. The van der Waals surface area contributed by atoms with E-state index in [-0.39, 0.29) is 62.9 Å². The number of nitrogens with zero attached hydrogens (tertiary/aromatic N) is 8. The summed E-state index contributed by atoms with van der Waals surface area (Å²) in [5, 5.41) is 34.7. The Balaban J connectivity index is 3.12. The number of carbonyl (C=O) groups is 11. The standard InChI is InChI=1S/C69H124N12O15/c1-25-27-28-45(13)57(82)56-61(86)72-48(26-2)63(88)78(22)53(39-96-34-31-81-29-32-95-33-30-81)66(91)77(21)52(38-69(16,17)94)60(85)73-54(43(9)10)67(92)74(18)49(35-40(3)4)59(84)70-46(14)58(83)71-47(15)62(87)75(19)50(36-41(5)6)64(89)76(20)51(37-42(7)8)65(90)79(23)55(44(11)12)68(93)80(56)24/h25,27,40-57,82,94H,26,28-39H2,1-24H3,(H,70,84)(H,71,83)(H,72,86)(H,73,85)/b27-25+/t45-,46+,47-,48+,49+,50+,51+,52+,53-,54+,55+,56+,57-/m1/s1. The van der Waals surface area contributed by atoms with Gasteiger partial charge in [-0.05, 0) is 102 Å². The van der Waals surface area contributed by atoms with E-state index in [4.69, 9.17) is 9.47 Å². The molecule has 0 aromatic rings. The van der Waals surface area contributed by atoms with Crippen LogP contribution < -0.4 is 21.3 Å². The van der Waals surface area contributed by atoms with Crippen molar-refractivity contribution >= 4 is 65.0 Å². The molecule has 11 amide bonds. The van der Waals surface area contributed by atoms with Crippen LogP contribution in [0.3, 0.4) is 0 Å². The van der Waals surface area contributed by atoms with E-state index in [0.29, 0.717) is 32.8 Å². The van der Waals surface area contributed by atoms with Gasteiger partial charge in [0.1, 0.15) is 66.5 Å². The van der Waals surface area contributed by atoms with Gasteiger partial charge < -0.3 is 75.3 Å². The first-order chi connectivity index (χ1) is 44.5. The topological polar surface area (TPSA) is 321 Å². The maximum Gasteiger partial charge on any atom is 0.248 e. The van der Waals surface area contributed by atoms with Crippen LogP contribution in [0.25, 0.3) is 0 Å². The zero-order valence-electron chi connectivity index (χ0n) is 62.5. The second-order valence-electron chi connectivity index (χ2n) is 29.2. The lowest BCUT2D eigenvalue weighted by Gasteiger charge is -2.41. The van der Waals surface area contributed by atoms with Gasteiger partial charge in [-0.25, -0.2) is 0 Å². The predicted octanol–water partition coefficient (Wildman–Crippen LogP) is 2.10. The molecule has 6 N–H and O–H groups in total. The molecule has 2 rings (SSSR count). The van der Waals surface area contributed by atoms with Crippen molar-refractivity contribution in [2.75, 3.05) is 95.4 Å². The number of likely N-dealkylation sites (N-methyl/N-ethyl adjacent to an activating group) is 7. The molecule has 2 aliphatic heterocycles. The Hall–Kier alpha value is -6.29. The van der Waals surface area contributed by atoms with Crippen molar-refractivity contribution in [3.8, 4) is 0 Å². The van der Waals surface area contributed by atoms with Gasteiger partial charge in [0.15, 0.2) is 0 Å². The maximum atomic E-state index is 15.4. The highest BCUT2D eigenvalue weighted by Crippen LogP contribution is 2.26. The van der Waals surface area contributed by atoms with Crippen molar-refractivity contribution in [3.63, 3.8) is 0 Å². The molecule has 0 unspecified atom stereocenters. The summed E-state index contributed by atoms with van der Waals surface area (Å²) >= 11 is 0. The van der Waals surface area contributed by atoms with Gasteiger partial charge >= 0.3 is 0 Å². The molecule has 550 valence electrons. The van der Waals surface area contributed by atoms with Crippen LogP contribution in [-0.2, 0) is 62.2 Å². The average Bonchev–Trinajstić information content (AvgIpc) is 0.812. The number of hydrogen-bond donors (Lipinski definition) is 6. The highest BCUT2D eigenvalue weighted by Gasteiger charge is 2.47. The van der Waals surface area contributed by atoms with Gasteiger partial charge in [-0.15, -0.1) is 0 Å². The van der Waals surface area contributed by atoms with Crippen LogP contribution in [0.15, 0.2) is 12.2 Å². The van der Waals surface area contributed by atoms with E-state index in [1.807, 2.05) is 41.5 Å². The average molecular weight is 1360 g/mol. The second-order valence-corrected chi connectivity index (χ2v) is 29.2. The second kappa shape index (κ2) is 39.3. The van der Waals surface area contributed by atoms with Crippen LogP contribution in [0.5, 0.6) is 0 Å². The molecule has 27 nitrogen and oxygen atoms in total. The molecule has 2 heterocycles. The van der Waals surface area contributed by atoms with Crippen molar-refractivity contribution in [3.05, 3.63) is 12.2 Å². The number of carbonyl (C=O) groups excluding carboxylic acids is 11. The number of nitrogens with one attached hydrogen (secondary N) is 4. The van der Waals surface area contributed by atoms with E-state index >= 15 is 28.8 Å². The van der Waals surface area contributed by atoms with Crippen LogP contribution in [0, 0.1) is 35.5 Å². The molecule has 0 bridgehead atoms. The highest BCUT2D eigenvalue weighted by molar-refractivity contribution is 6.00. The van der Waals surface area contributed by atoms with Crippen LogP contribution in [0.2, 0.25) is 0 Å². The molecule has 0 radical (unpaired) electrons. The third-order valence-electron chi connectivity index (χ3n) is 18.3. The normalized spacial score (nSPS) is 27.3. The lowest BCUT2D eigenvalue weighted by Crippen LogP contribution is -2.64. The Morgan fingerprint density at radius 2 is 0.979 bits per heavy atom. The van der Waals surface area contributed by atoms with Crippen molar-refractivity contribution in [2.45, 2.75) is 234 Å².